The lowest BCUT2D eigenvalue weighted by molar-refractivity contribution is 0.100. The van der Waals surface area contributed by atoms with E-state index in [4.69, 9.17) is 0 Å². The second kappa shape index (κ2) is 4.83. The van der Waals surface area contributed by atoms with Gasteiger partial charge in [-0.15, -0.1) is 0 Å². The Morgan fingerprint density at radius 3 is 2.56 bits per heavy atom. The standard InChI is InChI=1S/C11H12F2N2O/c1-7-9(4-8(12)5-10(7)13)11(16)14-6-15(2)3/h4-6H,1-3H3. The Labute approximate surface area is 92.4 Å². The predicted molar refractivity (Wildman–Crippen MR) is 57.6 cm³/mol. The van der Waals surface area contributed by atoms with Crippen molar-refractivity contribution in [1.82, 2.24) is 4.90 Å². The van der Waals surface area contributed by atoms with Crippen LogP contribution in [0.4, 0.5) is 8.78 Å². The number of halogens is 2. The molecule has 0 aromatic heterocycles. The lowest BCUT2D eigenvalue weighted by atomic mass is 10.1. The van der Waals surface area contributed by atoms with Gasteiger partial charge in [0, 0.05) is 20.2 Å². The number of rotatable bonds is 2. The third-order valence-electron chi connectivity index (χ3n) is 1.95. The molecule has 1 rings (SSSR count). The van der Waals surface area contributed by atoms with Crippen LogP contribution in [0.5, 0.6) is 0 Å². The number of benzene rings is 1. The molecular formula is C11H12F2N2O. The first kappa shape index (κ1) is 12.3. The van der Waals surface area contributed by atoms with E-state index in [1.165, 1.54) is 13.3 Å². The molecule has 0 bridgehead atoms. The van der Waals surface area contributed by atoms with E-state index in [-0.39, 0.29) is 11.1 Å². The molecule has 0 spiro atoms. The lowest BCUT2D eigenvalue weighted by Crippen LogP contribution is -2.10. The van der Waals surface area contributed by atoms with E-state index in [1.54, 1.807) is 19.0 Å². The van der Waals surface area contributed by atoms with Gasteiger partial charge in [-0.25, -0.2) is 8.78 Å². The third-order valence-corrected chi connectivity index (χ3v) is 1.95. The molecule has 1 aromatic rings. The second-order valence-electron chi connectivity index (χ2n) is 3.57. The molecule has 0 aliphatic rings. The van der Waals surface area contributed by atoms with Crippen molar-refractivity contribution in [3.05, 3.63) is 34.9 Å². The molecule has 1 amide bonds. The first-order valence-corrected chi connectivity index (χ1v) is 4.62. The third kappa shape index (κ3) is 2.85. The zero-order valence-corrected chi connectivity index (χ0v) is 9.29. The van der Waals surface area contributed by atoms with Gasteiger partial charge < -0.3 is 4.90 Å². The molecule has 1 aromatic carbocycles. The van der Waals surface area contributed by atoms with Gasteiger partial charge in [0.1, 0.15) is 11.6 Å². The van der Waals surface area contributed by atoms with Crippen LogP contribution in [0.25, 0.3) is 0 Å². The number of aliphatic imine (C=N–C) groups is 1. The number of amides is 1. The Bertz CT molecular complexity index is 442. The SMILES string of the molecule is Cc1c(F)cc(F)cc1C(=O)N=CN(C)C. The highest BCUT2D eigenvalue weighted by atomic mass is 19.1. The fourth-order valence-electron chi connectivity index (χ4n) is 1.11. The Morgan fingerprint density at radius 1 is 1.38 bits per heavy atom. The average Bonchev–Trinajstić information content (AvgIpc) is 2.19. The second-order valence-corrected chi connectivity index (χ2v) is 3.57. The molecule has 0 saturated carbocycles. The van der Waals surface area contributed by atoms with E-state index in [0.29, 0.717) is 0 Å². The Kier molecular flexibility index (Phi) is 3.71. The fraction of sp³-hybridized carbons (Fsp3) is 0.273. The van der Waals surface area contributed by atoms with Crippen LogP contribution >= 0.6 is 0 Å². The van der Waals surface area contributed by atoms with Crippen LogP contribution < -0.4 is 0 Å². The minimum atomic E-state index is -0.786. The molecule has 0 fully saturated rings. The number of carbonyl (C=O) groups is 1. The Hall–Kier alpha value is -1.78. The van der Waals surface area contributed by atoms with Crippen LogP contribution in [0.2, 0.25) is 0 Å². The zero-order chi connectivity index (χ0) is 12.3. The molecule has 0 aliphatic carbocycles. The molecule has 0 aliphatic heterocycles. The molecule has 3 nitrogen and oxygen atoms in total. The number of carbonyl (C=O) groups excluding carboxylic acids is 1. The van der Waals surface area contributed by atoms with Gasteiger partial charge >= 0.3 is 0 Å². The highest BCUT2D eigenvalue weighted by molar-refractivity contribution is 5.99. The summed E-state index contributed by atoms with van der Waals surface area (Å²) < 4.78 is 26.1. The highest BCUT2D eigenvalue weighted by Gasteiger charge is 2.13. The van der Waals surface area contributed by atoms with Crippen molar-refractivity contribution < 1.29 is 13.6 Å². The smallest absolute Gasteiger partial charge is 0.278 e. The Morgan fingerprint density at radius 2 is 2.00 bits per heavy atom. The molecule has 0 unspecified atom stereocenters. The van der Waals surface area contributed by atoms with Crippen molar-refractivity contribution in [2.75, 3.05) is 14.1 Å². The Balaban J connectivity index is 3.09. The summed E-state index contributed by atoms with van der Waals surface area (Å²) in [7, 11) is 3.38. The largest absolute Gasteiger partial charge is 0.369 e. The van der Waals surface area contributed by atoms with Gasteiger partial charge in [-0.2, -0.15) is 4.99 Å². The molecule has 5 heteroatoms. The minimum absolute atomic E-state index is 0.0596. The molecule has 0 radical (unpaired) electrons. The summed E-state index contributed by atoms with van der Waals surface area (Å²) in [5.41, 5.74) is 0.0397. The van der Waals surface area contributed by atoms with Crippen LogP contribution in [0, 0.1) is 18.6 Å². The van der Waals surface area contributed by atoms with Gasteiger partial charge in [0.25, 0.3) is 5.91 Å². The first-order valence-electron chi connectivity index (χ1n) is 4.62. The normalized spacial score (nSPS) is 10.8. The summed E-state index contributed by atoms with van der Waals surface area (Å²) in [6, 6.07) is 1.72. The molecular weight excluding hydrogens is 214 g/mol. The molecule has 0 N–H and O–H groups in total. The van der Waals surface area contributed by atoms with E-state index >= 15 is 0 Å². The predicted octanol–water partition coefficient (Wildman–Crippen LogP) is 2.00. The first-order chi connectivity index (χ1) is 7.41. The van der Waals surface area contributed by atoms with Crippen LogP contribution in [0.1, 0.15) is 15.9 Å². The summed E-state index contributed by atoms with van der Waals surface area (Å²) >= 11 is 0. The van der Waals surface area contributed by atoms with Crippen molar-refractivity contribution in [3.63, 3.8) is 0 Å². The number of hydrogen-bond acceptors (Lipinski definition) is 1. The summed E-state index contributed by atoms with van der Waals surface area (Å²) in [6.07, 6.45) is 1.28. The van der Waals surface area contributed by atoms with E-state index in [9.17, 15) is 13.6 Å². The van der Waals surface area contributed by atoms with Gasteiger partial charge in [0.05, 0.1) is 11.9 Å². The average molecular weight is 226 g/mol. The fourth-order valence-corrected chi connectivity index (χ4v) is 1.11. The number of hydrogen-bond donors (Lipinski definition) is 0. The van der Waals surface area contributed by atoms with Crippen molar-refractivity contribution in [1.29, 1.82) is 0 Å². The van der Waals surface area contributed by atoms with Crippen LogP contribution in [-0.2, 0) is 0 Å². The quantitative estimate of drug-likeness (QED) is 0.570. The summed E-state index contributed by atoms with van der Waals surface area (Å²) in [5.74, 6) is -2.19. The van der Waals surface area contributed by atoms with Crippen molar-refractivity contribution in [2.24, 2.45) is 4.99 Å². The van der Waals surface area contributed by atoms with E-state index < -0.39 is 17.5 Å². The molecule has 0 saturated heterocycles. The zero-order valence-electron chi connectivity index (χ0n) is 9.29. The molecule has 86 valence electrons. The van der Waals surface area contributed by atoms with Crippen molar-refractivity contribution >= 4 is 12.2 Å². The molecule has 0 heterocycles. The summed E-state index contributed by atoms with van der Waals surface area (Å²) in [4.78, 5) is 16.6. The van der Waals surface area contributed by atoms with E-state index in [2.05, 4.69) is 4.99 Å². The number of nitrogens with zero attached hydrogens (tertiary/aromatic N) is 2. The van der Waals surface area contributed by atoms with Gasteiger partial charge in [-0.3, -0.25) is 4.79 Å². The maximum absolute atomic E-state index is 13.1. The van der Waals surface area contributed by atoms with Crippen molar-refractivity contribution in [3.8, 4) is 0 Å². The van der Waals surface area contributed by atoms with Crippen LogP contribution in [0.15, 0.2) is 17.1 Å². The minimum Gasteiger partial charge on any atom is -0.369 e. The topological polar surface area (TPSA) is 32.7 Å². The van der Waals surface area contributed by atoms with E-state index in [0.717, 1.165) is 12.1 Å². The lowest BCUT2D eigenvalue weighted by Gasteiger charge is -2.05. The van der Waals surface area contributed by atoms with E-state index in [1.807, 2.05) is 0 Å². The van der Waals surface area contributed by atoms with Gasteiger partial charge in [0.15, 0.2) is 0 Å². The maximum Gasteiger partial charge on any atom is 0.278 e. The molecule has 0 atom stereocenters. The molecule has 16 heavy (non-hydrogen) atoms. The highest BCUT2D eigenvalue weighted by Crippen LogP contribution is 2.15. The van der Waals surface area contributed by atoms with Gasteiger partial charge in [0.2, 0.25) is 0 Å². The van der Waals surface area contributed by atoms with Crippen LogP contribution in [0.3, 0.4) is 0 Å². The van der Waals surface area contributed by atoms with Crippen molar-refractivity contribution in [2.45, 2.75) is 6.92 Å². The maximum atomic E-state index is 13.1. The van der Waals surface area contributed by atoms with Gasteiger partial charge in [-0.05, 0) is 18.6 Å². The van der Waals surface area contributed by atoms with Crippen LogP contribution in [-0.4, -0.2) is 31.2 Å². The summed E-state index contributed by atoms with van der Waals surface area (Å²) in [5, 5.41) is 0. The van der Waals surface area contributed by atoms with Gasteiger partial charge in [-0.1, -0.05) is 0 Å². The monoisotopic (exact) mass is 226 g/mol. The summed E-state index contributed by atoms with van der Waals surface area (Å²) in [6.45, 7) is 1.41.